The van der Waals surface area contributed by atoms with Gasteiger partial charge in [0, 0.05) is 5.56 Å². The molecule has 2 aromatic carbocycles. The van der Waals surface area contributed by atoms with Gasteiger partial charge in [-0.05, 0) is 24.6 Å². The van der Waals surface area contributed by atoms with Gasteiger partial charge in [0.1, 0.15) is 11.6 Å². The Labute approximate surface area is 104 Å². The molecule has 0 aromatic heterocycles. The number of hydrogen-bond acceptors (Lipinski definition) is 2. The molecule has 0 amide bonds. The molecule has 0 spiro atoms. The smallest absolute Gasteiger partial charge is 0.423 e. The quantitative estimate of drug-likeness (QED) is 0.793. The van der Waals surface area contributed by atoms with Crippen LogP contribution in [0.2, 0.25) is 0 Å². The summed E-state index contributed by atoms with van der Waals surface area (Å²) in [5.41, 5.74) is 0.983. The van der Waals surface area contributed by atoms with Crippen molar-refractivity contribution in [2.24, 2.45) is 0 Å². The van der Waals surface area contributed by atoms with Crippen LogP contribution in [0, 0.1) is 18.6 Å². The molecular weight excluding hydrogens is 237 g/mol. The van der Waals surface area contributed by atoms with E-state index in [0.717, 1.165) is 11.6 Å². The van der Waals surface area contributed by atoms with Crippen molar-refractivity contribution >= 4 is 12.6 Å². The van der Waals surface area contributed by atoms with Gasteiger partial charge in [0.2, 0.25) is 0 Å². The molecule has 2 aromatic rings. The van der Waals surface area contributed by atoms with Gasteiger partial charge in [0.25, 0.3) is 0 Å². The second-order valence-electron chi connectivity index (χ2n) is 4.06. The maximum absolute atomic E-state index is 14.0. The molecule has 2 rings (SSSR count). The molecular formula is C13H11BF2O2. The summed E-state index contributed by atoms with van der Waals surface area (Å²) >= 11 is 0. The van der Waals surface area contributed by atoms with Crippen molar-refractivity contribution in [3.8, 4) is 11.1 Å². The first-order valence-corrected chi connectivity index (χ1v) is 5.42. The lowest BCUT2D eigenvalue weighted by Gasteiger charge is -2.09. The highest BCUT2D eigenvalue weighted by atomic mass is 19.1. The molecule has 2 nitrogen and oxygen atoms in total. The van der Waals surface area contributed by atoms with E-state index in [4.69, 9.17) is 10.0 Å². The van der Waals surface area contributed by atoms with Gasteiger partial charge >= 0.3 is 7.12 Å². The van der Waals surface area contributed by atoms with E-state index in [9.17, 15) is 8.78 Å². The summed E-state index contributed by atoms with van der Waals surface area (Å²) in [5, 5.41) is 18.0. The minimum atomic E-state index is -2.17. The molecule has 0 aliphatic carbocycles. The van der Waals surface area contributed by atoms with Crippen molar-refractivity contribution in [1.29, 1.82) is 0 Å². The fourth-order valence-electron chi connectivity index (χ4n) is 1.76. The highest BCUT2D eigenvalue weighted by Crippen LogP contribution is 2.22. The van der Waals surface area contributed by atoms with Crippen molar-refractivity contribution in [2.75, 3.05) is 0 Å². The summed E-state index contributed by atoms with van der Waals surface area (Å²) in [4.78, 5) is 0. The minimum Gasteiger partial charge on any atom is -0.423 e. The number of hydrogen-bond donors (Lipinski definition) is 2. The maximum Gasteiger partial charge on any atom is 0.494 e. The van der Waals surface area contributed by atoms with Crippen LogP contribution in [0.15, 0.2) is 36.4 Å². The highest BCUT2D eigenvalue weighted by molar-refractivity contribution is 6.59. The van der Waals surface area contributed by atoms with E-state index in [0.29, 0.717) is 5.56 Å². The van der Waals surface area contributed by atoms with Crippen LogP contribution in [0.25, 0.3) is 11.1 Å². The number of aryl methyl sites for hydroxylation is 1. The summed E-state index contributed by atoms with van der Waals surface area (Å²) in [6, 6.07) is 9.28. The van der Waals surface area contributed by atoms with Crippen LogP contribution in [0.5, 0.6) is 0 Å². The molecule has 18 heavy (non-hydrogen) atoms. The monoisotopic (exact) mass is 248 g/mol. The first-order chi connectivity index (χ1) is 8.50. The molecule has 0 aliphatic rings. The molecule has 0 aliphatic heterocycles. The van der Waals surface area contributed by atoms with Crippen LogP contribution in [0.3, 0.4) is 0 Å². The van der Waals surface area contributed by atoms with Crippen molar-refractivity contribution in [1.82, 2.24) is 0 Å². The van der Waals surface area contributed by atoms with Crippen LogP contribution < -0.4 is 5.46 Å². The Morgan fingerprint density at radius 3 is 2.11 bits per heavy atom. The Kier molecular flexibility index (Phi) is 3.45. The molecule has 0 bridgehead atoms. The molecule has 2 N–H and O–H groups in total. The summed E-state index contributed by atoms with van der Waals surface area (Å²) in [6.45, 7) is 1.90. The van der Waals surface area contributed by atoms with Gasteiger partial charge < -0.3 is 10.0 Å². The summed E-state index contributed by atoms with van der Waals surface area (Å²) in [7, 11) is -2.17. The predicted octanol–water partition coefficient (Wildman–Crippen LogP) is 1.62. The summed E-state index contributed by atoms with van der Waals surface area (Å²) < 4.78 is 27.3. The third-order valence-electron chi connectivity index (χ3n) is 2.75. The van der Waals surface area contributed by atoms with Crippen molar-refractivity contribution in [2.45, 2.75) is 6.92 Å². The van der Waals surface area contributed by atoms with E-state index in [1.165, 1.54) is 6.07 Å². The van der Waals surface area contributed by atoms with Gasteiger partial charge in [-0.2, -0.15) is 0 Å². The largest absolute Gasteiger partial charge is 0.494 e. The molecule has 92 valence electrons. The first-order valence-electron chi connectivity index (χ1n) is 5.42. The van der Waals surface area contributed by atoms with Gasteiger partial charge in [-0.25, -0.2) is 8.78 Å². The lowest BCUT2D eigenvalue weighted by molar-refractivity contribution is 0.419. The Morgan fingerprint density at radius 1 is 0.944 bits per heavy atom. The van der Waals surface area contributed by atoms with Gasteiger partial charge in [-0.3, -0.25) is 0 Å². The standard InChI is InChI=1S/C13H11BF2O2/c1-8-2-4-9(5-3-8)10-6-7-11(15)12(13(10)16)14(17)18/h2-7,17-18H,1H3. The van der Waals surface area contributed by atoms with Gasteiger partial charge in [0.05, 0.1) is 5.46 Å². The summed E-state index contributed by atoms with van der Waals surface area (Å²) in [6.07, 6.45) is 0. The Balaban J connectivity index is 2.59. The molecule has 0 atom stereocenters. The van der Waals surface area contributed by atoms with Crippen LogP contribution in [0.1, 0.15) is 5.56 Å². The van der Waals surface area contributed by atoms with E-state index in [-0.39, 0.29) is 5.56 Å². The molecule has 0 heterocycles. The Morgan fingerprint density at radius 2 is 1.56 bits per heavy atom. The second-order valence-corrected chi connectivity index (χ2v) is 4.06. The van der Waals surface area contributed by atoms with Crippen LogP contribution in [0.4, 0.5) is 8.78 Å². The summed E-state index contributed by atoms with van der Waals surface area (Å²) in [5.74, 6) is -1.92. The normalized spacial score (nSPS) is 10.5. The third kappa shape index (κ3) is 2.28. The van der Waals surface area contributed by atoms with E-state index >= 15 is 0 Å². The van der Waals surface area contributed by atoms with Crippen LogP contribution in [-0.2, 0) is 0 Å². The lowest BCUT2D eigenvalue weighted by atomic mass is 9.78. The van der Waals surface area contributed by atoms with Crippen LogP contribution in [-0.4, -0.2) is 17.2 Å². The van der Waals surface area contributed by atoms with E-state index < -0.39 is 24.2 Å². The number of halogens is 2. The van der Waals surface area contributed by atoms with E-state index in [1.807, 2.05) is 6.92 Å². The molecule has 0 radical (unpaired) electrons. The zero-order chi connectivity index (χ0) is 13.3. The highest BCUT2D eigenvalue weighted by Gasteiger charge is 2.24. The molecule has 0 fully saturated rings. The predicted molar refractivity (Wildman–Crippen MR) is 66.4 cm³/mol. The maximum atomic E-state index is 14.0. The Bertz CT molecular complexity index is 568. The van der Waals surface area contributed by atoms with Gasteiger partial charge in [-0.15, -0.1) is 0 Å². The van der Waals surface area contributed by atoms with E-state index in [1.54, 1.807) is 24.3 Å². The molecule has 5 heteroatoms. The number of rotatable bonds is 2. The average molecular weight is 248 g/mol. The number of benzene rings is 2. The third-order valence-corrected chi connectivity index (χ3v) is 2.75. The lowest BCUT2D eigenvalue weighted by Crippen LogP contribution is -2.36. The van der Waals surface area contributed by atoms with Gasteiger partial charge in [-0.1, -0.05) is 29.8 Å². The zero-order valence-corrected chi connectivity index (χ0v) is 9.69. The fraction of sp³-hybridized carbons (Fsp3) is 0.0769. The zero-order valence-electron chi connectivity index (χ0n) is 9.69. The van der Waals surface area contributed by atoms with Crippen molar-refractivity contribution in [3.05, 3.63) is 53.6 Å². The first kappa shape index (κ1) is 12.7. The topological polar surface area (TPSA) is 40.5 Å². The molecule has 0 saturated heterocycles. The molecule has 0 unspecified atom stereocenters. The molecule has 0 saturated carbocycles. The van der Waals surface area contributed by atoms with Crippen molar-refractivity contribution < 1.29 is 18.8 Å². The van der Waals surface area contributed by atoms with E-state index in [2.05, 4.69) is 0 Å². The van der Waals surface area contributed by atoms with Crippen LogP contribution >= 0.6 is 0 Å². The Hall–Kier alpha value is -1.72. The fourth-order valence-corrected chi connectivity index (χ4v) is 1.76. The second kappa shape index (κ2) is 4.88. The SMILES string of the molecule is Cc1ccc(-c2ccc(F)c(B(O)O)c2F)cc1. The average Bonchev–Trinajstić information content (AvgIpc) is 2.30. The van der Waals surface area contributed by atoms with Gasteiger partial charge in [0.15, 0.2) is 0 Å². The van der Waals surface area contributed by atoms with Crippen molar-refractivity contribution in [3.63, 3.8) is 0 Å². The minimum absolute atomic E-state index is 0.138.